The fourth-order valence-electron chi connectivity index (χ4n) is 0.891. The highest BCUT2D eigenvalue weighted by Crippen LogP contribution is 1.99. The van der Waals surface area contributed by atoms with Crippen LogP contribution in [0.5, 0.6) is 0 Å². The topological polar surface area (TPSA) is 49.4 Å². The zero-order valence-corrected chi connectivity index (χ0v) is 8.74. The second-order valence-electron chi connectivity index (χ2n) is 3.43. The summed E-state index contributed by atoms with van der Waals surface area (Å²) < 4.78 is 4.83. The summed E-state index contributed by atoms with van der Waals surface area (Å²) >= 11 is 0. The van der Waals surface area contributed by atoms with Crippen molar-refractivity contribution in [1.29, 1.82) is 0 Å². The minimum atomic E-state index is -0.523. The van der Waals surface area contributed by atoms with Crippen LogP contribution in [0.2, 0.25) is 0 Å². The van der Waals surface area contributed by atoms with Crippen LogP contribution in [-0.4, -0.2) is 43.2 Å². The number of rotatable bonds is 5. The molecule has 0 aliphatic carbocycles. The van der Waals surface area contributed by atoms with Gasteiger partial charge in [-0.2, -0.15) is 0 Å². The Hall–Kier alpha value is -0.610. The van der Waals surface area contributed by atoms with Crippen molar-refractivity contribution >= 4 is 5.97 Å². The molecule has 0 aliphatic heterocycles. The lowest BCUT2D eigenvalue weighted by molar-refractivity contribution is -0.150. The van der Waals surface area contributed by atoms with E-state index < -0.39 is 12.1 Å². The summed E-state index contributed by atoms with van der Waals surface area (Å²) in [4.78, 5) is 12.6. The van der Waals surface area contributed by atoms with Crippen molar-refractivity contribution in [3.63, 3.8) is 0 Å². The molecule has 0 aromatic heterocycles. The Bertz CT molecular complexity index is 159. The van der Waals surface area contributed by atoms with Crippen molar-refractivity contribution in [1.82, 2.24) is 4.90 Å². The van der Waals surface area contributed by atoms with Crippen molar-refractivity contribution < 1.29 is 14.6 Å². The van der Waals surface area contributed by atoms with Gasteiger partial charge in [0.1, 0.15) is 12.7 Å². The first-order chi connectivity index (χ1) is 5.97. The number of carbonyl (C=O) groups is 1. The maximum Gasteiger partial charge on any atom is 0.303 e. The molecule has 4 nitrogen and oxygen atoms in total. The number of nitrogens with zero attached hydrogens (tertiary/aromatic N) is 1. The summed E-state index contributed by atoms with van der Waals surface area (Å²) in [7, 11) is 1.90. The van der Waals surface area contributed by atoms with E-state index in [4.69, 9.17) is 4.74 Å². The Balaban J connectivity index is 3.90. The molecule has 0 saturated carbocycles. The summed E-state index contributed by atoms with van der Waals surface area (Å²) in [6.07, 6.45) is -0.523. The van der Waals surface area contributed by atoms with Gasteiger partial charge < -0.3 is 9.64 Å². The van der Waals surface area contributed by atoms with Crippen LogP contribution in [0.4, 0.5) is 0 Å². The van der Waals surface area contributed by atoms with Gasteiger partial charge in [-0.05, 0) is 20.9 Å². The number of likely N-dealkylation sites (N-methyl/N-ethyl adjacent to an activating group) is 1. The van der Waals surface area contributed by atoms with E-state index in [1.807, 2.05) is 25.8 Å². The van der Waals surface area contributed by atoms with Crippen LogP contribution in [0.15, 0.2) is 0 Å². The van der Waals surface area contributed by atoms with E-state index in [0.717, 1.165) is 0 Å². The minimum Gasteiger partial charge on any atom is -0.459 e. The Morgan fingerprint density at radius 2 is 2.00 bits per heavy atom. The zero-order chi connectivity index (χ0) is 10.4. The maximum atomic E-state index is 10.6. The number of hydrogen-bond acceptors (Lipinski definition) is 3. The molecular weight excluding hydrogens is 170 g/mol. The van der Waals surface area contributed by atoms with E-state index in [0.29, 0.717) is 12.6 Å². The summed E-state index contributed by atoms with van der Waals surface area (Å²) in [5.74, 6) is -0.391. The Morgan fingerprint density at radius 3 is 2.31 bits per heavy atom. The molecule has 13 heavy (non-hydrogen) atoms. The van der Waals surface area contributed by atoms with Crippen molar-refractivity contribution in [2.75, 3.05) is 20.2 Å². The summed E-state index contributed by atoms with van der Waals surface area (Å²) in [6.45, 7) is 5.49. The second-order valence-corrected chi connectivity index (χ2v) is 3.43. The van der Waals surface area contributed by atoms with E-state index in [-0.39, 0.29) is 6.61 Å². The quantitative estimate of drug-likeness (QED) is 0.596. The van der Waals surface area contributed by atoms with Crippen molar-refractivity contribution in [3.8, 4) is 0 Å². The third-order valence-electron chi connectivity index (χ3n) is 1.89. The third kappa shape index (κ3) is 5.60. The molecule has 0 rings (SSSR count). The van der Waals surface area contributed by atoms with Gasteiger partial charge >= 0.3 is 5.97 Å². The molecule has 0 aromatic carbocycles. The molecule has 0 fully saturated rings. The monoisotopic (exact) mass is 188 g/mol. The van der Waals surface area contributed by atoms with Crippen LogP contribution in [0, 0.1) is 0 Å². The third-order valence-corrected chi connectivity index (χ3v) is 1.89. The summed E-state index contributed by atoms with van der Waals surface area (Å²) in [6, 6.07) is 0.351. The average molecular weight is 188 g/mol. The molecule has 0 aromatic rings. The minimum absolute atomic E-state index is 0.351. The number of esters is 1. The number of carbonyl (C=O) groups excluding carboxylic acids is 1. The first-order valence-corrected chi connectivity index (χ1v) is 4.43. The zero-order valence-electron chi connectivity index (χ0n) is 8.74. The van der Waals surface area contributed by atoms with Crippen LogP contribution in [-0.2, 0) is 14.6 Å². The van der Waals surface area contributed by atoms with Gasteiger partial charge in [-0.1, -0.05) is 0 Å². The maximum absolute atomic E-state index is 10.6. The molecule has 0 saturated heterocycles. The van der Waals surface area contributed by atoms with Crippen LogP contribution < -0.4 is 0 Å². The Labute approximate surface area is 79.5 Å². The molecule has 1 radical (unpaired) electrons. The molecule has 4 heteroatoms. The lowest BCUT2D eigenvalue weighted by Crippen LogP contribution is -2.37. The first kappa shape index (κ1) is 12.4. The van der Waals surface area contributed by atoms with Gasteiger partial charge in [-0.3, -0.25) is 4.79 Å². The lowest BCUT2D eigenvalue weighted by atomic mass is 10.3. The van der Waals surface area contributed by atoms with Gasteiger partial charge in [-0.25, -0.2) is 5.11 Å². The van der Waals surface area contributed by atoms with Crippen LogP contribution in [0.1, 0.15) is 20.8 Å². The molecule has 0 spiro atoms. The number of ether oxygens (including phenoxy) is 1. The van der Waals surface area contributed by atoms with Crippen molar-refractivity contribution in [3.05, 3.63) is 0 Å². The fraction of sp³-hybridized carbons (Fsp3) is 0.889. The number of hydrogen-bond donors (Lipinski definition) is 0. The molecule has 0 N–H and O–H groups in total. The molecule has 0 bridgehead atoms. The largest absolute Gasteiger partial charge is 0.459 e. The van der Waals surface area contributed by atoms with Gasteiger partial charge in [0.15, 0.2) is 0 Å². The normalized spacial score (nSPS) is 13.5. The Kier molecular flexibility index (Phi) is 5.66. The van der Waals surface area contributed by atoms with Crippen LogP contribution >= 0.6 is 0 Å². The fourth-order valence-corrected chi connectivity index (χ4v) is 0.891. The van der Waals surface area contributed by atoms with Gasteiger partial charge in [0.25, 0.3) is 0 Å². The van der Waals surface area contributed by atoms with Crippen molar-refractivity contribution in [2.45, 2.75) is 32.9 Å². The van der Waals surface area contributed by atoms with Gasteiger partial charge in [-0.15, -0.1) is 0 Å². The highest BCUT2D eigenvalue weighted by atomic mass is 16.5. The van der Waals surface area contributed by atoms with Gasteiger partial charge in [0.2, 0.25) is 0 Å². The molecule has 0 heterocycles. The lowest BCUT2D eigenvalue weighted by Gasteiger charge is -2.24. The SMILES string of the molecule is CC(=O)OC(C[O])CN(C)C(C)C. The average Bonchev–Trinajstić information content (AvgIpc) is 2.02. The smallest absolute Gasteiger partial charge is 0.303 e. The predicted octanol–water partition coefficient (Wildman–Crippen LogP) is 0.689. The molecular formula is C9H18NO3. The first-order valence-electron chi connectivity index (χ1n) is 4.43. The second kappa shape index (κ2) is 5.94. The highest BCUT2D eigenvalue weighted by molar-refractivity contribution is 5.66. The molecule has 1 unspecified atom stereocenters. The van der Waals surface area contributed by atoms with Gasteiger partial charge in [0.05, 0.1) is 0 Å². The van der Waals surface area contributed by atoms with E-state index in [1.165, 1.54) is 6.92 Å². The summed E-state index contributed by atoms with van der Waals surface area (Å²) in [5.41, 5.74) is 0. The van der Waals surface area contributed by atoms with E-state index >= 15 is 0 Å². The molecule has 1 atom stereocenters. The summed E-state index contributed by atoms with van der Waals surface area (Å²) in [5, 5.41) is 10.6. The van der Waals surface area contributed by atoms with Crippen LogP contribution in [0.25, 0.3) is 0 Å². The Morgan fingerprint density at radius 1 is 1.46 bits per heavy atom. The van der Waals surface area contributed by atoms with Crippen molar-refractivity contribution in [2.24, 2.45) is 0 Å². The van der Waals surface area contributed by atoms with E-state index in [1.54, 1.807) is 0 Å². The van der Waals surface area contributed by atoms with E-state index in [2.05, 4.69) is 0 Å². The molecule has 77 valence electrons. The predicted molar refractivity (Wildman–Crippen MR) is 48.9 cm³/mol. The van der Waals surface area contributed by atoms with Crippen LogP contribution in [0.3, 0.4) is 0 Å². The standard InChI is InChI=1S/C9H18NO3/c1-7(2)10(4)5-9(6-11)13-8(3)12/h7,9H,5-6H2,1-4H3. The molecule has 0 aliphatic rings. The molecule has 0 amide bonds. The van der Waals surface area contributed by atoms with E-state index in [9.17, 15) is 9.90 Å². The highest BCUT2D eigenvalue weighted by Gasteiger charge is 2.15. The van der Waals surface area contributed by atoms with Gasteiger partial charge in [0, 0.05) is 19.5 Å².